The molecule has 0 aromatic heterocycles. The Morgan fingerprint density at radius 2 is 2.20 bits per heavy atom. The van der Waals surface area contributed by atoms with Crippen molar-refractivity contribution in [3.05, 3.63) is 34.9 Å². The second-order valence-electron chi connectivity index (χ2n) is 4.09. The number of rotatable bonds is 1. The normalized spacial score (nSPS) is 31.5. The van der Waals surface area contributed by atoms with Gasteiger partial charge in [-0.15, -0.1) is 0 Å². The lowest BCUT2D eigenvalue weighted by molar-refractivity contribution is 0.510. The SMILES string of the molecule is CC1CNC(c2cccc(Cl)c2)C(C)S1. The molecule has 1 nitrogen and oxygen atoms in total. The highest BCUT2D eigenvalue weighted by atomic mass is 35.5. The molecular formula is C12H16ClNS. The molecule has 0 radical (unpaired) electrons. The van der Waals surface area contributed by atoms with Crippen molar-refractivity contribution in [3.63, 3.8) is 0 Å². The Kier molecular flexibility index (Phi) is 3.60. The van der Waals surface area contributed by atoms with Crippen LogP contribution in [0.3, 0.4) is 0 Å². The van der Waals surface area contributed by atoms with Gasteiger partial charge >= 0.3 is 0 Å². The van der Waals surface area contributed by atoms with Crippen molar-refractivity contribution < 1.29 is 0 Å². The molecule has 0 spiro atoms. The zero-order valence-corrected chi connectivity index (χ0v) is 10.6. The maximum absolute atomic E-state index is 6.01. The lowest BCUT2D eigenvalue weighted by atomic mass is 10.0. The minimum atomic E-state index is 0.435. The summed E-state index contributed by atoms with van der Waals surface area (Å²) in [5, 5.41) is 5.71. The fraction of sp³-hybridized carbons (Fsp3) is 0.500. The first-order valence-corrected chi connectivity index (χ1v) is 6.63. The highest BCUT2D eigenvalue weighted by molar-refractivity contribution is 8.00. The average Bonchev–Trinajstić information content (AvgIpc) is 2.17. The molecule has 0 bridgehead atoms. The summed E-state index contributed by atoms with van der Waals surface area (Å²) in [4.78, 5) is 0. The zero-order valence-electron chi connectivity index (χ0n) is 9.03. The van der Waals surface area contributed by atoms with Gasteiger partial charge in [-0.2, -0.15) is 11.8 Å². The van der Waals surface area contributed by atoms with E-state index in [0.717, 1.165) is 11.6 Å². The minimum Gasteiger partial charge on any atom is -0.308 e. The second kappa shape index (κ2) is 4.77. The van der Waals surface area contributed by atoms with E-state index in [0.29, 0.717) is 16.5 Å². The van der Waals surface area contributed by atoms with Crippen molar-refractivity contribution in [3.8, 4) is 0 Å². The number of benzene rings is 1. The van der Waals surface area contributed by atoms with Gasteiger partial charge in [0.2, 0.25) is 0 Å². The van der Waals surface area contributed by atoms with Crippen molar-refractivity contribution in [2.45, 2.75) is 30.4 Å². The molecule has 15 heavy (non-hydrogen) atoms. The van der Waals surface area contributed by atoms with Gasteiger partial charge < -0.3 is 5.32 Å². The van der Waals surface area contributed by atoms with Crippen LogP contribution < -0.4 is 5.32 Å². The van der Waals surface area contributed by atoms with Gasteiger partial charge in [-0.1, -0.05) is 37.6 Å². The quantitative estimate of drug-likeness (QED) is 0.808. The number of hydrogen-bond donors (Lipinski definition) is 1. The van der Waals surface area contributed by atoms with Crippen LogP contribution >= 0.6 is 23.4 Å². The van der Waals surface area contributed by atoms with E-state index < -0.39 is 0 Å². The fourth-order valence-corrected chi connectivity index (χ4v) is 3.58. The molecule has 1 N–H and O–H groups in total. The topological polar surface area (TPSA) is 12.0 Å². The van der Waals surface area contributed by atoms with Gasteiger partial charge in [0.1, 0.15) is 0 Å². The van der Waals surface area contributed by atoms with Crippen LogP contribution in [-0.2, 0) is 0 Å². The van der Waals surface area contributed by atoms with E-state index in [1.54, 1.807) is 0 Å². The highest BCUT2D eigenvalue weighted by Crippen LogP contribution is 2.33. The van der Waals surface area contributed by atoms with Crippen molar-refractivity contribution in [1.29, 1.82) is 0 Å². The van der Waals surface area contributed by atoms with Gasteiger partial charge in [-0.25, -0.2) is 0 Å². The first-order valence-electron chi connectivity index (χ1n) is 5.31. The monoisotopic (exact) mass is 241 g/mol. The summed E-state index contributed by atoms with van der Waals surface area (Å²) in [5.41, 5.74) is 1.30. The molecule has 1 aliphatic rings. The van der Waals surface area contributed by atoms with Crippen LogP contribution in [0.5, 0.6) is 0 Å². The molecule has 0 aliphatic carbocycles. The van der Waals surface area contributed by atoms with Crippen molar-refractivity contribution >= 4 is 23.4 Å². The largest absolute Gasteiger partial charge is 0.308 e. The third kappa shape index (κ3) is 2.68. The standard InChI is InChI=1S/C12H16ClNS/c1-8-7-14-12(9(2)15-8)10-4-3-5-11(13)6-10/h3-6,8-9,12,14H,7H2,1-2H3. The van der Waals surface area contributed by atoms with Crippen LogP contribution in [0.4, 0.5) is 0 Å². The lowest BCUT2D eigenvalue weighted by Crippen LogP contribution is -2.39. The second-order valence-corrected chi connectivity index (χ2v) is 6.35. The van der Waals surface area contributed by atoms with Gasteiger partial charge in [0.25, 0.3) is 0 Å². The van der Waals surface area contributed by atoms with Crippen LogP contribution in [0.15, 0.2) is 24.3 Å². The Bertz CT molecular complexity index is 342. The van der Waals surface area contributed by atoms with Crippen molar-refractivity contribution in [1.82, 2.24) is 5.32 Å². The molecule has 1 saturated heterocycles. The molecule has 3 heteroatoms. The summed E-state index contributed by atoms with van der Waals surface area (Å²) in [6.45, 7) is 5.62. The van der Waals surface area contributed by atoms with Crippen molar-refractivity contribution in [2.75, 3.05) is 6.54 Å². The summed E-state index contributed by atoms with van der Waals surface area (Å²) in [5.74, 6) is 0. The summed E-state index contributed by atoms with van der Waals surface area (Å²) >= 11 is 8.05. The first kappa shape index (κ1) is 11.3. The van der Waals surface area contributed by atoms with Crippen LogP contribution in [0.2, 0.25) is 5.02 Å². The Balaban J connectivity index is 2.17. The minimum absolute atomic E-state index is 0.435. The first-order chi connectivity index (χ1) is 7.16. The molecule has 0 amide bonds. The molecular weight excluding hydrogens is 226 g/mol. The molecule has 2 rings (SSSR count). The molecule has 3 atom stereocenters. The number of hydrogen-bond acceptors (Lipinski definition) is 2. The smallest absolute Gasteiger partial charge is 0.0438 e. The summed E-state index contributed by atoms with van der Waals surface area (Å²) < 4.78 is 0. The van der Waals surface area contributed by atoms with Crippen LogP contribution in [0.1, 0.15) is 25.5 Å². The lowest BCUT2D eigenvalue weighted by Gasteiger charge is -2.33. The van der Waals surface area contributed by atoms with E-state index in [-0.39, 0.29) is 0 Å². The molecule has 3 unspecified atom stereocenters. The van der Waals surface area contributed by atoms with Crippen LogP contribution in [0, 0.1) is 0 Å². The van der Waals surface area contributed by atoms with Crippen molar-refractivity contribution in [2.24, 2.45) is 0 Å². The molecule has 82 valence electrons. The predicted octanol–water partition coefficient (Wildman–Crippen LogP) is 3.49. The fourth-order valence-electron chi connectivity index (χ4n) is 2.04. The van der Waals surface area contributed by atoms with Gasteiger partial charge in [0.05, 0.1) is 0 Å². The number of thioether (sulfide) groups is 1. The van der Waals surface area contributed by atoms with E-state index >= 15 is 0 Å². The van der Waals surface area contributed by atoms with E-state index in [9.17, 15) is 0 Å². The Hall–Kier alpha value is -0.180. The zero-order chi connectivity index (χ0) is 10.8. The maximum Gasteiger partial charge on any atom is 0.0438 e. The third-order valence-corrected chi connectivity index (χ3v) is 4.32. The molecule has 1 fully saturated rings. The van der Waals surface area contributed by atoms with E-state index in [1.807, 2.05) is 23.9 Å². The Labute approximate surface area is 101 Å². The average molecular weight is 242 g/mol. The van der Waals surface area contributed by atoms with Crippen LogP contribution in [-0.4, -0.2) is 17.0 Å². The summed E-state index contributed by atoms with van der Waals surface area (Å²) in [6.07, 6.45) is 0. The van der Waals surface area contributed by atoms with Gasteiger partial charge in [-0.05, 0) is 17.7 Å². The van der Waals surface area contributed by atoms with E-state index in [2.05, 4.69) is 31.3 Å². The van der Waals surface area contributed by atoms with Crippen LogP contribution in [0.25, 0.3) is 0 Å². The third-order valence-electron chi connectivity index (χ3n) is 2.75. The Morgan fingerprint density at radius 1 is 1.40 bits per heavy atom. The molecule has 1 aliphatic heterocycles. The summed E-state index contributed by atoms with van der Waals surface area (Å²) in [7, 11) is 0. The molecule has 0 saturated carbocycles. The molecule has 1 aromatic carbocycles. The number of nitrogens with one attached hydrogen (secondary N) is 1. The molecule has 1 aromatic rings. The predicted molar refractivity (Wildman–Crippen MR) is 68.7 cm³/mol. The Morgan fingerprint density at radius 3 is 2.87 bits per heavy atom. The van der Waals surface area contributed by atoms with Gasteiger partial charge in [0.15, 0.2) is 0 Å². The van der Waals surface area contributed by atoms with Gasteiger partial charge in [-0.3, -0.25) is 0 Å². The summed E-state index contributed by atoms with van der Waals surface area (Å²) in [6, 6.07) is 8.59. The number of halogens is 1. The highest BCUT2D eigenvalue weighted by Gasteiger charge is 2.26. The molecule has 1 heterocycles. The maximum atomic E-state index is 6.01. The van der Waals surface area contributed by atoms with E-state index in [4.69, 9.17) is 11.6 Å². The van der Waals surface area contributed by atoms with E-state index in [1.165, 1.54) is 5.56 Å². The van der Waals surface area contributed by atoms with Gasteiger partial charge in [0, 0.05) is 28.1 Å².